The van der Waals surface area contributed by atoms with E-state index in [1.807, 2.05) is 36.1 Å². The molecule has 6 nitrogen and oxygen atoms in total. The Morgan fingerprint density at radius 2 is 1.84 bits per heavy atom. The molecule has 1 aromatic carbocycles. The highest BCUT2D eigenvalue weighted by atomic mass is 32.2. The molecule has 0 N–H and O–H groups in total. The molecule has 2 aliphatic heterocycles. The number of ether oxygens (including phenoxy) is 1. The first-order valence-corrected chi connectivity index (χ1v) is 10.7. The fourth-order valence-corrected chi connectivity index (χ4v) is 4.56. The fourth-order valence-electron chi connectivity index (χ4n) is 3.28. The molecule has 7 heteroatoms. The average Bonchev–Trinajstić information content (AvgIpc) is 2.81. The van der Waals surface area contributed by atoms with Crippen molar-refractivity contribution in [3.8, 4) is 0 Å². The van der Waals surface area contributed by atoms with Crippen LogP contribution in [0.3, 0.4) is 0 Å². The number of hydrogen-bond donors (Lipinski definition) is 0. The molecule has 2 heterocycles. The lowest BCUT2D eigenvalue weighted by atomic mass is 10.1. The molecule has 1 unspecified atom stereocenters. The molecule has 2 aliphatic rings. The minimum absolute atomic E-state index is 0.0490. The van der Waals surface area contributed by atoms with Crippen molar-refractivity contribution in [2.45, 2.75) is 26.0 Å². The van der Waals surface area contributed by atoms with Crippen LogP contribution < -0.4 is 0 Å². The van der Waals surface area contributed by atoms with Crippen LogP contribution in [0.1, 0.15) is 29.3 Å². The smallest absolute Gasteiger partial charge is 0.253 e. The third-order valence-corrected chi connectivity index (χ3v) is 6.39. The molecule has 138 valence electrons. The van der Waals surface area contributed by atoms with Crippen molar-refractivity contribution >= 4 is 15.7 Å². The van der Waals surface area contributed by atoms with Crippen molar-refractivity contribution in [3.05, 3.63) is 35.4 Å². The maximum absolute atomic E-state index is 12.7. The van der Waals surface area contributed by atoms with Crippen LogP contribution in [0, 0.1) is 0 Å². The van der Waals surface area contributed by atoms with Crippen LogP contribution in [0.15, 0.2) is 24.3 Å². The van der Waals surface area contributed by atoms with E-state index in [0.29, 0.717) is 31.8 Å². The van der Waals surface area contributed by atoms with Crippen LogP contribution in [-0.4, -0.2) is 74.5 Å². The van der Waals surface area contributed by atoms with Gasteiger partial charge in [0.2, 0.25) is 0 Å². The predicted molar refractivity (Wildman–Crippen MR) is 96.3 cm³/mol. The van der Waals surface area contributed by atoms with Crippen molar-refractivity contribution < 1.29 is 17.9 Å². The Morgan fingerprint density at radius 3 is 2.52 bits per heavy atom. The van der Waals surface area contributed by atoms with E-state index in [4.69, 9.17) is 4.74 Å². The number of benzene rings is 1. The molecule has 2 saturated heterocycles. The van der Waals surface area contributed by atoms with Gasteiger partial charge in [0.05, 0.1) is 17.6 Å². The Bertz CT molecular complexity index is 688. The summed E-state index contributed by atoms with van der Waals surface area (Å²) in [6.45, 7) is 5.93. The number of amides is 1. The second-order valence-corrected chi connectivity index (χ2v) is 9.21. The van der Waals surface area contributed by atoms with E-state index >= 15 is 0 Å². The van der Waals surface area contributed by atoms with E-state index < -0.39 is 9.84 Å². The van der Waals surface area contributed by atoms with Crippen molar-refractivity contribution in [2.75, 3.05) is 44.3 Å². The van der Waals surface area contributed by atoms with Gasteiger partial charge in [-0.2, -0.15) is 0 Å². The maximum atomic E-state index is 12.7. The van der Waals surface area contributed by atoms with Gasteiger partial charge in [-0.15, -0.1) is 0 Å². The van der Waals surface area contributed by atoms with Gasteiger partial charge in [-0.3, -0.25) is 9.69 Å². The molecule has 0 spiro atoms. The zero-order chi connectivity index (χ0) is 17.9. The number of rotatable bonds is 3. The summed E-state index contributed by atoms with van der Waals surface area (Å²) in [5.41, 5.74) is 1.79. The highest BCUT2D eigenvalue weighted by molar-refractivity contribution is 7.91. The molecule has 0 radical (unpaired) electrons. The zero-order valence-electron chi connectivity index (χ0n) is 14.7. The average molecular weight is 366 g/mol. The largest absolute Gasteiger partial charge is 0.377 e. The summed E-state index contributed by atoms with van der Waals surface area (Å²) in [4.78, 5) is 16.7. The first-order valence-electron chi connectivity index (χ1n) is 8.85. The molecular weight excluding hydrogens is 340 g/mol. The number of hydrogen-bond acceptors (Lipinski definition) is 5. The monoisotopic (exact) mass is 366 g/mol. The van der Waals surface area contributed by atoms with Crippen LogP contribution >= 0.6 is 0 Å². The second kappa shape index (κ2) is 7.85. The van der Waals surface area contributed by atoms with Crippen molar-refractivity contribution in [3.63, 3.8) is 0 Å². The molecule has 0 aliphatic carbocycles. The molecule has 3 rings (SSSR count). The van der Waals surface area contributed by atoms with E-state index in [1.54, 1.807) is 0 Å². The standard InChI is InChI=1S/C18H26N2O4S/c1-15-13-20(7-2-10-24-15)18(21)17-5-3-16(4-6-17)14-19-8-11-25(22,23)12-9-19/h3-6,15H,2,7-14H2,1H3. The van der Waals surface area contributed by atoms with E-state index in [2.05, 4.69) is 4.90 Å². The molecule has 0 aromatic heterocycles. The molecule has 2 fully saturated rings. The number of carbonyl (C=O) groups is 1. The zero-order valence-corrected chi connectivity index (χ0v) is 15.5. The van der Waals surface area contributed by atoms with Crippen molar-refractivity contribution in [1.29, 1.82) is 0 Å². The number of carbonyl (C=O) groups excluding carboxylic acids is 1. The summed E-state index contributed by atoms with van der Waals surface area (Å²) in [5, 5.41) is 0. The van der Waals surface area contributed by atoms with E-state index in [9.17, 15) is 13.2 Å². The van der Waals surface area contributed by atoms with Crippen LogP contribution in [0.25, 0.3) is 0 Å². The fraction of sp³-hybridized carbons (Fsp3) is 0.611. The van der Waals surface area contributed by atoms with Gasteiger partial charge in [0, 0.05) is 44.9 Å². The van der Waals surface area contributed by atoms with Gasteiger partial charge < -0.3 is 9.64 Å². The summed E-state index contributed by atoms with van der Waals surface area (Å²) in [6.07, 6.45) is 0.938. The Hall–Kier alpha value is -1.44. The molecular formula is C18H26N2O4S. The SMILES string of the molecule is CC1CN(C(=O)c2ccc(CN3CCS(=O)(=O)CC3)cc2)CCCO1. The molecule has 1 amide bonds. The summed E-state index contributed by atoms with van der Waals surface area (Å²) in [5.74, 6) is 0.519. The lowest BCUT2D eigenvalue weighted by Crippen LogP contribution is -2.39. The van der Waals surface area contributed by atoms with Gasteiger partial charge in [0.1, 0.15) is 0 Å². The van der Waals surface area contributed by atoms with E-state index in [1.165, 1.54) is 0 Å². The summed E-state index contributed by atoms with van der Waals surface area (Å²) in [6, 6.07) is 7.67. The minimum atomic E-state index is -2.85. The third kappa shape index (κ3) is 5.03. The Morgan fingerprint density at radius 1 is 1.16 bits per heavy atom. The molecule has 25 heavy (non-hydrogen) atoms. The van der Waals surface area contributed by atoms with Gasteiger partial charge in [0.25, 0.3) is 5.91 Å². The summed E-state index contributed by atoms with van der Waals surface area (Å²) >= 11 is 0. The normalized spacial score (nSPS) is 24.7. The second-order valence-electron chi connectivity index (χ2n) is 6.91. The quantitative estimate of drug-likeness (QED) is 0.803. The van der Waals surface area contributed by atoms with Crippen LogP contribution in [0.5, 0.6) is 0 Å². The molecule has 0 saturated carbocycles. The van der Waals surface area contributed by atoms with Gasteiger partial charge >= 0.3 is 0 Å². The molecule has 0 bridgehead atoms. The summed E-state index contributed by atoms with van der Waals surface area (Å²) in [7, 11) is -2.85. The van der Waals surface area contributed by atoms with Crippen molar-refractivity contribution in [1.82, 2.24) is 9.80 Å². The molecule has 1 aromatic rings. The van der Waals surface area contributed by atoms with Crippen molar-refractivity contribution in [2.24, 2.45) is 0 Å². The summed E-state index contributed by atoms with van der Waals surface area (Å²) < 4.78 is 28.6. The Balaban J connectivity index is 1.59. The van der Waals surface area contributed by atoms with Gasteiger partial charge in [-0.05, 0) is 31.0 Å². The van der Waals surface area contributed by atoms with Gasteiger partial charge in [-0.25, -0.2) is 8.42 Å². The molecule has 1 atom stereocenters. The minimum Gasteiger partial charge on any atom is -0.377 e. The van der Waals surface area contributed by atoms with Crippen LogP contribution in [0.4, 0.5) is 0 Å². The third-order valence-electron chi connectivity index (χ3n) is 4.78. The Kier molecular flexibility index (Phi) is 5.76. The van der Waals surface area contributed by atoms with Gasteiger partial charge in [-0.1, -0.05) is 12.1 Å². The lowest BCUT2D eigenvalue weighted by molar-refractivity contribution is 0.0562. The van der Waals surface area contributed by atoms with Gasteiger partial charge in [0.15, 0.2) is 9.84 Å². The van der Waals surface area contributed by atoms with Crippen LogP contribution in [-0.2, 0) is 21.1 Å². The Labute approximate surface area is 149 Å². The van der Waals surface area contributed by atoms with E-state index in [-0.39, 0.29) is 23.5 Å². The highest BCUT2D eigenvalue weighted by Crippen LogP contribution is 2.14. The number of nitrogens with zero attached hydrogens (tertiary/aromatic N) is 2. The lowest BCUT2D eigenvalue weighted by Gasteiger charge is -2.26. The highest BCUT2D eigenvalue weighted by Gasteiger charge is 2.23. The first-order chi connectivity index (χ1) is 11.9. The van der Waals surface area contributed by atoms with Crippen LogP contribution in [0.2, 0.25) is 0 Å². The van der Waals surface area contributed by atoms with E-state index in [0.717, 1.165) is 25.1 Å². The number of sulfone groups is 1. The topological polar surface area (TPSA) is 66.9 Å². The first kappa shape index (κ1) is 18.4. The predicted octanol–water partition coefficient (Wildman–Crippen LogP) is 1.17. The maximum Gasteiger partial charge on any atom is 0.253 e.